The molecule has 2 amide bonds. The van der Waals surface area contributed by atoms with Gasteiger partial charge in [-0.2, -0.15) is 0 Å². The van der Waals surface area contributed by atoms with E-state index < -0.39 is 0 Å². The van der Waals surface area contributed by atoms with Gasteiger partial charge in [0.25, 0.3) is 5.91 Å². The van der Waals surface area contributed by atoms with Crippen LogP contribution in [-0.2, 0) is 4.79 Å². The molecule has 0 radical (unpaired) electrons. The van der Waals surface area contributed by atoms with E-state index in [0.717, 1.165) is 15.4 Å². The molecule has 1 aromatic rings. The van der Waals surface area contributed by atoms with Crippen molar-refractivity contribution in [3.8, 4) is 0 Å². The summed E-state index contributed by atoms with van der Waals surface area (Å²) in [6, 6.07) is 5.41. The van der Waals surface area contributed by atoms with Crippen LogP contribution in [0.3, 0.4) is 0 Å². The smallest absolute Gasteiger partial charge is 0.254 e. The van der Waals surface area contributed by atoms with Crippen molar-refractivity contribution in [2.45, 2.75) is 6.42 Å². The SMILES string of the molecule is CN1CCCN(C(=O)c2cc(Br)cc(Br)c2)CC1=O. The Labute approximate surface area is 129 Å². The van der Waals surface area contributed by atoms with E-state index in [9.17, 15) is 9.59 Å². The highest BCUT2D eigenvalue weighted by Crippen LogP contribution is 2.21. The zero-order chi connectivity index (χ0) is 14.0. The maximum absolute atomic E-state index is 12.4. The molecule has 0 bridgehead atoms. The largest absolute Gasteiger partial charge is 0.344 e. The van der Waals surface area contributed by atoms with E-state index in [-0.39, 0.29) is 18.4 Å². The van der Waals surface area contributed by atoms with Crippen LogP contribution in [0.15, 0.2) is 27.1 Å². The highest BCUT2D eigenvalue weighted by atomic mass is 79.9. The number of hydrogen-bond acceptors (Lipinski definition) is 2. The van der Waals surface area contributed by atoms with Crippen molar-refractivity contribution in [1.82, 2.24) is 9.80 Å². The Morgan fingerprint density at radius 3 is 2.42 bits per heavy atom. The van der Waals surface area contributed by atoms with Crippen LogP contribution >= 0.6 is 31.9 Å². The maximum atomic E-state index is 12.4. The minimum absolute atomic E-state index is 0.0140. The van der Waals surface area contributed by atoms with Crippen LogP contribution in [0.4, 0.5) is 0 Å². The zero-order valence-corrected chi connectivity index (χ0v) is 13.7. The van der Waals surface area contributed by atoms with E-state index in [1.807, 2.05) is 6.07 Å². The van der Waals surface area contributed by atoms with Crippen LogP contribution in [0.2, 0.25) is 0 Å². The molecule has 0 saturated carbocycles. The van der Waals surface area contributed by atoms with Gasteiger partial charge in [0, 0.05) is 34.6 Å². The molecule has 1 heterocycles. The molecule has 0 N–H and O–H groups in total. The third kappa shape index (κ3) is 3.57. The molecule has 1 saturated heterocycles. The molecule has 2 rings (SSSR count). The lowest BCUT2D eigenvalue weighted by molar-refractivity contribution is -0.129. The summed E-state index contributed by atoms with van der Waals surface area (Å²) in [6.45, 7) is 1.46. The summed E-state index contributed by atoms with van der Waals surface area (Å²) in [5.41, 5.74) is 0.582. The van der Waals surface area contributed by atoms with Gasteiger partial charge in [0.1, 0.15) is 6.54 Å². The van der Waals surface area contributed by atoms with Crippen LogP contribution in [0, 0.1) is 0 Å². The Morgan fingerprint density at radius 1 is 1.16 bits per heavy atom. The number of halogens is 2. The molecule has 4 nitrogen and oxygen atoms in total. The van der Waals surface area contributed by atoms with Gasteiger partial charge in [-0.05, 0) is 24.6 Å². The average Bonchev–Trinajstić information content (AvgIpc) is 2.50. The summed E-state index contributed by atoms with van der Waals surface area (Å²) in [4.78, 5) is 27.5. The summed E-state index contributed by atoms with van der Waals surface area (Å²) >= 11 is 6.73. The van der Waals surface area contributed by atoms with Crippen molar-refractivity contribution >= 4 is 43.7 Å². The predicted molar refractivity (Wildman–Crippen MR) is 80.0 cm³/mol. The molecule has 102 valence electrons. The highest BCUT2D eigenvalue weighted by Gasteiger charge is 2.23. The van der Waals surface area contributed by atoms with Crippen molar-refractivity contribution < 1.29 is 9.59 Å². The predicted octanol–water partition coefficient (Wildman–Crippen LogP) is 2.52. The monoisotopic (exact) mass is 388 g/mol. The molecular weight excluding hydrogens is 376 g/mol. The van der Waals surface area contributed by atoms with Gasteiger partial charge in [0.15, 0.2) is 0 Å². The quantitative estimate of drug-likeness (QED) is 0.740. The molecular formula is C13H14Br2N2O2. The fourth-order valence-corrected chi connectivity index (χ4v) is 3.31. The molecule has 1 aromatic carbocycles. The van der Waals surface area contributed by atoms with E-state index in [0.29, 0.717) is 18.7 Å². The first kappa shape index (κ1) is 14.5. The normalized spacial score (nSPS) is 16.5. The standard InChI is InChI=1S/C13H14Br2N2O2/c1-16-3-2-4-17(8-12(16)18)13(19)9-5-10(14)7-11(15)6-9/h5-7H,2-4,8H2,1H3. The second-order valence-electron chi connectivity index (χ2n) is 4.55. The van der Waals surface area contributed by atoms with Gasteiger partial charge in [0.2, 0.25) is 5.91 Å². The number of carbonyl (C=O) groups excluding carboxylic acids is 2. The van der Waals surface area contributed by atoms with Crippen molar-refractivity contribution in [3.05, 3.63) is 32.7 Å². The third-order valence-corrected chi connectivity index (χ3v) is 3.99. The van der Waals surface area contributed by atoms with E-state index in [1.165, 1.54) is 0 Å². The molecule has 0 unspecified atom stereocenters. The Balaban J connectivity index is 2.21. The Hall–Kier alpha value is -0.880. The van der Waals surface area contributed by atoms with Crippen molar-refractivity contribution in [2.75, 3.05) is 26.7 Å². The zero-order valence-electron chi connectivity index (χ0n) is 10.5. The second-order valence-corrected chi connectivity index (χ2v) is 6.39. The second kappa shape index (κ2) is 6.05. The van der Waals surface area contributed by atoms with E-state index in [4.69, 9.17) is 0 Å². The van der Waals surface area contributed by atoms with Gasteiger partial charge < -0.3 is 9.80 Å². The minimum Gasteiger partial charge on any atom is -0.344 e. The van der Waals surface area contributed by atoms with Crippen LogP contribution in [0.25, 0.3) is 0 Å². The Bertz CT molecular complexity index is 499. The molecule has 19 heavy (non-hydrogen) atoms. The van der Waals surface area contributed by atoms with E-state index >= 15 is 0 Å². The Kier molecular flexibility index (Phi) is 4.62. The van der Waals surface area contributed by atoms with Gasteiger partial charge in [-0.1, -0.05) is 31.9 Å². The number of amides is 2. The molecule has 0 spiro atoms. The van der Waals surface area contributed by atoms with Gasteiger partial charge in [-0.25, -0.2) is 0 Å². The highest BCUT2D eigenvalue weighted by molar-refractivity contribution is 9.11. The van der Waals surface area contributed by atoms with Crippen molar-refractivity contribution in [3.63, 3.8) is 0 Å². The first-order valence-electron chi connectivity index (χ1n) is 5.96. The number of likely N-dealkylation sites (N-methyl/N-ethyl adjacent to an activating group) is 1. The first-order valence-corrected chi connectivity index (χ1v) is 7.55. The van der Waals surface area contributed by atoms with Crippen LogP contribution in [0.5, 0.6) is 0 Å². The summed E-state index contributed by atoms with van der Waals surface area (Å²) in [5.74, 6) is -0.120. The molecule has 0 atom stereocenters. The van der Waals surface area contributed by atoms with Crippen molar-refractivity contribution in [1.29, 1.82) is 0 Å². The van der Waals surface area contributed by atoms with Crippen molar-refractivity contribution in [2.24, 2.45) is 0 Å². The number of carbonyl (C=O) groups is 2. The van der Waals surface area contributed by atoms with E-state index in [1.54, 1.807) is 29.0 Å². The van der Waals surface area contributed by atoms with Gasteiger partial charge in [0.05, 0.1) is 0 Å². The maximum Gasteiger partial charge on any atom is 0.254 e. The number of nitrogens with zero attached hydrogens (tertiary/aromatic N) is 2. The summed E-state index contributed by atoms with van der Waals surface area (Å²) in [6.07, 6.45) is 0.809. The Morgan fingerprint density at radius 2 is 1.79 bits per heavy atom. The summed E-state index contributed by atoms with van der Waals surface area (Å²) in [7, 11) is 1.77. The molecule has 1 aliphatic heterocycles. The third-order valence-electron chi connectivity index (χ3n) is 3.07. The number of benzene rings is 1. The van der Waals surface area contributed by atoms with Crippen LogP contribution < -0.4 is 0 Å². The molecule has 1 aliphatic rings. The summed E-state index contributed by atoms with van der Waals surface area (Å²) in [5, 5.41) is 0. The van der Waals surface area contributed by atoms with Gasteiger partial charge in [-0.3, -0.25) is 9.59 Å². The average molecular weight is 390 g/mol. The fraction of sp³-hybridized carbons (Fsp3) is 0.385. The topological polar surface area (TPSA) is 40.6 Å². The van der Waals surface area contributed by atoms with Crippen LogP contribution in [-0.4, -0.2) is 48.3 Å². The molecule has 0 aliphatic carbocycles. The first-order chi connectivity index (χ1) is 8.97. The lowest BCUT2D eigenvalue weighted by Gasteiger charge is -2.20. The molecule has 6 heteroatoms. The molecule has 0 aromatic heterocycles. The number of rotatable bonds is 1. The van der Waals surface area contributed by atoms with Gasteiger partial charge in [-0.15, -0.1) is 0 Å². The lowest BCUT2D eigenvalue weighted by Crippen LogP contribution is -2.38. The number of hydrogen-bond donors (Lipinski definition) is 0. The summed E-state index contributed by atoms with van der Waals surface area (Å²) < 4.78 is 1.67. The lowest BCUT2D eigenvalue weighted by atomic mass is 10.2. The minimum atomic E-state index is -0.106. The van der Waals surface area contributed by atoms with E-state index in [2.05, 4.69) is 31.9 Å². The van der Waals surface area contributed by atoms with Gasteiger partial charge >= 0.3 is 0 Å². The molecule has 1 fully saturated rings. The fourth-order valence-electron chi connectivity index (χ4n) is 2.02. The van der Waals surface area contributed by atoms with Crippen LogP contribution in [0.1, 0.15) is 16.8 Å².